The Hall–Kier alpha value is -2.81. The van der Waals surface area contributed by atoms with Gasteiger partial charge in [-0.15, -0.1) is 0 Å². The number of halogens is 1. The van der Waals surface area contributed by atoms with Crippen molar-refractivity contribution in [2.45, 2.75) is 0 Å². The van der Waals surface area contributed by atoms with Crippen LogP contribution in [0.3, 0.4) is 0 Å². The average Bonchev–Trinajstić information content (AvgIpc) is 2.51. The molecule has 0 unspecified atom stereocenters. The molecule has 3 heteroatoms. The van der Waals surface area contributed by atoms with Gasteiger partial charge >= 0.3 is 0 Å². The molecule has 0 aliphatic rings. The van der Waals surface area contributed by atoms with E-state index in [1.54, 1.807) is 0 Å². The summed E-state index contributed by atoms with van der Waals surface area (Å²) in [6.07, 6.45) is 0. The van der Waals surface area contributed by atoms with Crippen LogP contribution in [0.25, 0.3) is 11.1 Å². The summed E-state index contributed by atoms with van der Waals surface area (Å²) in [7, 11) is 0. The molecule has 0 spiro atoms. The first kappa shape index (κ1) is 13.2. The molecule has 0 atom stereocenters. The van der Waals surface area contributed by atoms with Crippen LogP contribution in [-0.4, -0.2) is 0 Å². The van der Waals surface area contributed by atoms with Gasteiger partial charge < -0.3 is 10.5 Å². The molecule has 3 aromatic rings. The van der Waals surface area contributed by atoms with Crippen molar-refractivity contribution in [3.8, 4) is 22.6 Å². The van der Waals surface area contributed by atoms with Gasteiger partial charge in [-0.3, -0.25) is 0 Å². The van der Waals surface area contributed by atoms with Gasteiger partial charge in [-0.2, -0.15) is 0 Å². The van der Waals surface area contributed by atoms with Gasteiger partial charge in [-0.25, -0.2) is 4.39 Å². The number of hydrogen-bond donors (Lipinski definition) is 1. The molecule has 0 radical (unpaired) electrons. The van der Waals surface area contributed by atoms with Crippen LogP contribution in [0.5, 0.6) is 11.5 Å². The Balaban J connectivity index is 2.00. The molecule has 0 heterocycles. The maximum atomic E-state index is 13.1. The van der Waals surface area contributed by atoms with Gasteiger partial charge in [0.2, 0.25) is 0 Å². The summed E-state index contributed by atoms with van der Waals surface area (Å²) in [5, 5.41) is 0. The fourth-order valence-corrected chi connectivity index (χ4v) is 2.14. The molecule has 0 bridgehead atoms. The van der Waals surface area contributed by atoms with Gasteiger partial charge in [0.15, 0.2) is 5.75 Å². The maximum absolute atomic E-state index is 13.1. The van der Waals surface area contributed by atoms with Crippen LogP contribution in [-0.2, 0) is 0 Å². The Morgan fingerprint density at radius 2 is 1.48 bits per heavy atom. The lowest BCUT2D eigenvalue weighted by atomic mass is 10.0. The fourth-order valence-electron chi connectivity index (χ4n) is 2.14. The molecule has 0 aromatic heterocycles. The lowest BCUT2D eigenvalue weighted by molar-refractivity contribution is 0.485. The van der Waals surface area contributed by atoms with E-state index in [1.807, 2.05) is 54.6 Å². The van der Waals surface area contributed by atoms with E-state index in [0.29, 0.717) is 11.5 Å². The molecule has 0 saturated heterocycles. The first-order valence-corrected chi connectivity index (χ1v) is 6.61. The van der Waals surface area contributed by atoms with E-state index < -0.39 is 0 Å². The van der Waals surface area contributed by atoms with Crippen molar-refractivity contribution in [2.24, 2.45) is 0 Å². The summed E-state index contributed by atoms with van der Waals surface area (Å²) in [6, 6.07) is 21.7. The number of rotatable bonds is 3. The summed E-state index contributed by atoms with van der Waals surface area (Å²) in [5.74, 6) is 0.748. The van der Waals surface area contributed by atoms with Gasteiger partial charge in [0, 0.05) is 11.6 Å². The smallest absolute Gasteiger partial charge is 0.150 e. The van der Waals surface area contributed by atoms with Crippen LogP contribution >= 0.6 is 0 Å². The number of nitrogen functional groups attached to an aromatic ring is 1. The van der Waals surface area contributed by atoms with E-state index in [4.69, 9.17) is 10.5 Å². The van der Waals surface area contributed by atoms with Crippen molar-refractivity contribution >= 4 is 5.69 Å². The summed E-state index contributed by atoms with van der Waals surface area (Å²) >= 11 is 0. The van der Waals surface area contributed by atoms with E-state index in [1.165, 1.54) is 18.2 Å². The third-order valence-corrected chi connectivity index (χ3v) is 3.16. The number of ether oxygens (including phenoxy) is 1. The molecule has 0 amide bonds. The first-order valence-electron chi connectivity index (χ1n) is 6.61. The highest BCUT2D eigenvalue weighted by atomic mass is 19.1. The van der Waals surface area contributed by atoms with Crippen molar-refractivity contribution in [1.29, 1.82) is 0 Å². The second-order valence-corrected chi connectivity index (χ2v) is 4.65. The number of hydrogen-bond acceptors (Lipinski definition) is 2. The molecule has 104 valence electrons. The quantitative estimate of drug-likeness (QED) is 0.694. The van der Waals surface area contributed by atoms with E-state index in [2.05, 4.69) is 0 Å². The molecule has 0 aliphatic heterocycles. The highest BCUT2D eigenvalue weighted by Gasteiger charge is 2.09. The van der Waals surface area contributed by atoms with Crippen LogP contribution in [0.2, 0.25) is 0 Å². The molecule has 2 nitrogen and oxygen atoms in total. The molecular formula is C18H14FNO. The maximum Gasteiger partial charge on any atom is 0.150 e. The number of para-hydroxylation sites is 1. The van der Waals surface area contributed by atoms with Crippen molar-refractivity contribution in [3.63, 3.8) is 0 Å². The van der Waals surface area contributed by atoms with Gasteiger partial charge in [-0.05, 0) is 23.8 Å². The zero-order valence-electron chi connectivity index (χ0n) is 11.3. The summed E-state index contributed by atoms with van der Waals surface area (Å²) in [5.41, 5.74) is 8.08. The molecule has 3 rings (SSSR count). The van der Waals surface area contributed by atoms with E-state index in [-0.39, 0.29) is 11.5 Å². The Morgan fingerprint density at radius 3 is 2.24 bits per heavy atom. The van der Waals surface area contributed by atoms with Gasteiger partial charge in [-0.1, -0.05) is 48.5 Å². The predicted molar refractivity (Wildman–Crippen MR) is 82.8 cm³/mol. The molecule has 0 fully saturated rings. The molecule has 21 heavy (non-hydrogen) atoms. The molecule has 3 aromatic carbocycles. The van der Waals surface area contributed by atoms with Gasteiger partial charge in [0.1, 0.15) is 11.6 Å². The Morgan fingerprint density at radius 1 is 0.762 bits per heavy atom. The monoisotopic (exact) mass is 279 g/mol. The highest BCUT2D eigenvalue weighted by molar-refractivity contribution is 5.71. The first-order chi connectivity index (χ1) is 10.2. The van der Waals surface area contributed by atoms with Crippen LogP contribution in [0.1, 0.15) is 0 Å². The minimum atomic E-state index is -0.379. The van der Waals surface area contributed by atoms with Crippen molar-refractivity contribution in [1.82, 2.24) is 0 Å². The highest BCUT2D eigenvalue weighted by Crippen LogP contribution is 2.35. The summed E-state index contributed by atoms with van der Waals surface area (Å²) in [6.45, 7) is 0. The summed E-state index contributed by atoms with van der Waals surface area (Å²) in [4.78, 5) is 0. The fraction of sp³-hybridized carbons (Fsp3) is 0. The SMILES string of the molecule is Nc1cc(F)ccc1Oc1ccccc1-c1ccccc1. The third-order valence-electron chi connectivity index (χ3n) is 3.16. The Kier molecular flexibility index (Phi) is 3.56. The van der Waals surface area contributed by atoms with Gasteiger partial charge in [0.25, 0.3) is 0 Å². The van der Waals surface area contributed by atoms with Crippen molar-refractivity contribution in [2.75, 3.05) is 5.73 Å². The predicted octanol–water partition coefficient (Wildman–Crippen LogP) is 4.87. The molecule has 0 saturated carbocycles. The van der Waals surface area contributed by atoms with Crippen molar-refractivity contribution < 1.29 is 9.13 Å². The van der Waals surface area contributed by atoms with Gasteiger partial charge in [0.05, 0.1) is 5.69 Å². The van der Waals surface area contributed by atoms with Crippen LogP contribution in [0, 0.1) is 5.82 Å². The Labute approximate surface area is 122 Å². The molecular weight excluding hydrogens is 265 g/mol. The van der Waals surface area contributed by atoms with E-state index >= 15 is 0 Å². The second-order valence-electron chi connectivity index (χ2n) is 4.65. The second kappa shape index (κ2) is 5.67. The van der Waals surface area contributed by atoms with Crippen LogP contribution < -0.4 is 10.5 Å². The van der Waals surface area contributed by atoms with Crippen LogP contribution in [0.15, 0.2) is 72.8 Å². The van der Waals surface area contributed by atoms with E-state index in [9.17, 15) is 4.39 Å². The largest absolute Gasteiger partial charge is 0.455 e. The van der Waals surface area contributed by atoms with Crippen LogP contribution in [0.4, 0.5) is 10.1 Å². The Bertz CT molecular complexity index is 756. The minimum Gasteiger partial charge on any atom is -0.455 e. The lowest BCUT2D eigenvalue weighted by Crippen LogP contribution is -1.94. The number of nitrogens with two attached hydrogens (primary N) is 1. The minimum absolute atomic E-state index is 0.276. The van der Waals surface area contributed by atoms with E-state index in [0.717, 1.165) is 11.1 Å². The standard InChI is InChI=1S/C18H14FNO/c19-14-10-11-18(16(20)12-14)21-17-9-5-4-8-15(17)13-6-2-1-3-7-13/h1-12H,20H2. The average molecular weight is 279 g/mol. The van der Waals surface area contributed by atoms with Crippen molar-refractivity contribution in [3.05, 3.63) is 78.6 Å². The normalized spacial score (nSPS) is 10.3. The number of anilines is 1. The topological polar surface area (TPSA) is 35.2 Å². The zero-order valence-corrected chi connectivity index (χ0v) is 11.3. The zero-order chi connectivity index (χ0) is 14.7. The number of benzene rings is 3. The lowest BCUT2D eigenvalue weighted by Gasteiger charge is -2.12. The molecule has 0 aliphatic carbocycles. The third kappa shape index (κ3) is 2.87. The molecule has 2 N–H and O–H groups in total. The summed E-state index contributed by atoms with van der Waals surface area (Å²) < 4.78 is 19.0.